The van der Waals surface area contributed by atoms with Crippen LogP contribution < -0.4 is 15.5 Å². The van der Waals surface area contributed by atoms with Crippen LogP contribution in [0.25, 0.3) is 10.9 Å². The van der Waals surface area contributed by atoms with Gasteiger partial charge in [0.2, 0.25) is 12.4 Å². The number of aromatic nitrogens is 1. The smallest absolute Gasteiger partial charge is 0.246 e. The van der Waals surface area contributed by atoms with Gasteiger partial charge in [0.1, 0.15) is 11.5 Å². The minimum Gasteiger partial charge on any atom is -0.457 e. The summed E-state index contributed by atoms with van der Waals surface area (Å²) in [6.45, 7) is 9.08. The molecule has 1 heterocycles. The minimum atomic E-state index is -1.09. The Morgan fingerprint density at radius 2 is 1.76 bits per heavy atom. The molecule has 3 N–H and O–H groups in total. The van der Waals surface area contributed by atoms with Crippen molar-refractivity contribution in [1.29, 1.82) is 0 Å². The molecule has 3 rings (SSSR count). The average molecular weight is 478 g/mol. The number of nitrogens with zero attached hydrogens (tertiary/aromatic N) is 2. The zero-order valence-corrected chi connectivity index (χ0v) is 22.0. The summed E-state index contributed by atoms with van der Waals surface area (Å²) in [5.41, 5.74) is 9.60. The Bertz CT molecular complexity index is 1140. The van der Waals surface area contributed by atoms with Crippen LogP contribution in [0.3, 0.4) is 0 Å². The van der Waals surface area contributed by atoms with Crippen molar-refractivity contribution >= 4 is 24.7 Å². The molecule has 0 spiro atoms. The van der Waals surface area contributed by atoms with E-state index in [4.69, 9.17) is 20.2 Å². The molecular weight excluding hydrogens is 440 g/mol. The van der Waals surface area contributed by atoms with Gasteiger partial charge in [-0.2, -0.15) is 0 Å². The highest BCUT2D eigenvalue weighted by Crippen LogP contribution is 2.25. The molecule has 1 aromatic heterocycles. The van der Waals surface area contributed by atoms with Crippen molar-refractivity contribution in [1.82, 2.24) is 9.88 Å². The van der Waals surface area contributed by atoms with Crippen LogP contribution in [-0.4, -0.2) is 51.1 Å². The molecule has 0 fully saturated rings. The van der Waals surface area contributed by atoms with Crippen molar-refractivity contribution in [2.45, 2.75) is 32.2 Å². The second kappa shape index (κ2) is 11.9. The lowest BCUT2D eigenvalue weighted by Crippen LogP contribution is -2.73. The van der Waals surface area contributed by atoms with Gasteiger partial charge in [0.25, 0.3) is 0 Å². The maximum Gasteiger partial charge on any atom is 0.246 e. The van der Waals surface area contributed by atoms with E-state index in [0.29, 0.717) is 6.73 Å². The molecule has 34 heavy (non-hydrogen) atoms. The molecule has 0 radical (unpaired) electrons. The molecule has 7 heteroatoms. The number of benzene rings is 2. The van der Waals surface area contributed by atoms with E-state index in [9.17, 15) is 0 Å². The van der Waals surface area contributed by atoms with Crippen LogP contribution in [0.1, 0.15) is 11.3 Å². The van der Waals surface area contributed by atoms with E-state index in [1.54, 1.807) is 0 Å². The van der Waals surface area contributed by atoms with Gasteiger partial charge in [0.15, 0.2) is 0 Å². The van der Waals surface area contributed by atoms with Crippen LogP contribution in [-0.2, 0) is 11.3 Å². The summed E-state index contributed by atoms with van der Waals surface area (Å²) in [6, 6.07) is 19.2. The van der Waals surface area contributed by atoms with Gasteiger partial charge in [-0.05, 0) is 68.7 Å². The average Bonchev–Trinajstić information content (AvgIpc) is 2.78. The number of nitrogens with one attached hydrogen (secondary N) is 1. The van der Waals surface area contributed by atoms with Crippen LogP contribution in [0.5, 0.6) is 11.5 Å². The molecule has 0 bridgehead atoms. The molecule has 0 unspecified atom stereocenters. The van der Waals surface area contributed by atoms with E-state index in [2.05, 4.69) is 41.7 Å². The highest BCUT2D eigenvalue weighted by molar-refractivity contribution is 6.76. The number of rotatable bonds is 11. The second-order valence-corrected chi connectivity index (χ2v) is 15.5. The Labute approximate surface area is 204 Å². The summed E-state index contributed by atoms with van der Waals surface area (Å²) in [7, 11) is 3.00. The van der Waals surface area contributed by atoms with Crippen molar-refractivity contribution in [3.05, 3.63) is 78.1 Å². The Balaban J connectivity index is 1.65. The van der Waals surface area contributed by atoms with Crippen molar-refractivity contribution in [2.75, 3.05) is 27.4 Å². The predicted octanol–water partition coefficient (Wildman–Crippen LogP) is 3.74. The zero-order chi connectivity index (χ0) is 24.6. The molecule has 0 saturated carbocycles. The lowest BCUT2D eigenvalue weighted by atomic mass is 10.1. The van der Waals surface area contributed by atoms with Crippen LogP contribution >= 0.6 is 0 Å². The highest BCUT2D eigenvalue weighted by Gasteiger charge is 2.13. The topological polar surface area (TPSA) is 74.6 Å². The van der Waals surface area contributed by atoms with Crippen molar-refractivity contribution < 1.29 is 14.5 Å². The summed E-state index contributed by atoms with van der Waals surface area (Å²) >= 11 is 0. The molecule has 0 aliphatic carbocycles. The number of hydrogen-bond donors (Lipinski definition) is 2. The SMILES string of the molecule is CN(C)Cc1ccc2cc(Oc3ccc(C(/C=C\N)=[NH+]\COCC[Si](C)(C)C)cc3)ccc2n1. The standard InChI is InChI=1S/C27H36N4O2Si/c1-31(2)19-23-9-6-22-18-25(12-13-27(22)30-23)33-24-10-7-21(8-11-24)26(14-15-28)29-20-32-16-17-34(3,4)5/h6-15,18H,16-17,19-20,28H2,1-5H3/p+1/b15-14-,29-26-. The molecule has 0 aliphatic rings. The first-order chi connectivity index (χ1) is 16.2. The summed E-state index contributed by atoms with van der Waals surface area (Å²) in [6.07, 6.45) is 3.38. The highest BCUT2D eigenvalue weighted by atomic mass is 28.3. The number of allylic oxidation sites excluding steroid dienone is 1. The van der Waals surface area contributed by atoms with Crippen molar-refractivity contribution in [3.8, 4) is 11.5 Å². The third kappa shape index (κ3) is 8.09. The van der Waals surface area contributed by atoms with E-state index in [1.807, 2.05) is 62.6 Å². The fourth-order valence-electron chi connectivity index (χ4n) is 3.39. The molecular formula is C27H37N4O2Si+. The zero-order valence-electron chi connectivity index (χ0n) is 21.0. The monoisotopic (exact) mass is 477 g/mol. The Morgan fingerprint density at radius 1 is 1.03 bits per heavy atom. The summed E-state index contributed by atoms with van der Waals surface area (Å²) in [5, 5.41) is 1.05. The maximum absolute atomic E-state index is 6.09. The molecule has 3 aromatic rings. The first kappa shape index (κ1) is 25.6. The van der Waals surface area contributed by atoms with E-state index in [1.165, 1.54) is 6.20 Å². The van der Waals surface area contributed by atoms with Gasteiger partial charge in [-0.15, -0.1) is 0 Å². The van der Waals surface area contributed by atoms with Crippen LogP contribution in [0, 0.1) is 0 Å². The van der Waals surface area contributed by atoms with Gasteiger partial charge >= 0.3 is 0 Å². The summed E-state index contributed by atoms with van der Waals surface area (Å²) < 4.78 is 11.9. The second-order valence-electron chi connectivity index (χ2n) is 9.83. The molecule has 0 atom stereocenters. The molecule has 0 saturated heterocycles. The first-order valence-corrected chi connectivity index (χ1v) is 15.3. The first-order valence-electron chi connectivity index (χ1n) is 11.6. The number of fused-ring (bicyclic) bond motifs is 1. The van der Waals surface area contributed by atoms with Gasteiger partial charge < -0.3 is 20.1 Å². The Morgan fingerprint density at radius 3 is 2.44 bits per heavy atom. The maximum atomic E-state index is 6.09. The quantitative estimate of drug-likeness (QED) is 0.190. The van der Waals surface area contributed by atoms with Gasteiger partial charge in [0, 0.05) is 37.8 Å². The van der Waals surface area contributed by atoms with E-state index >= 15 is 0 Å². The van der Waals surface area contributed by atoms with Crippen LogP contribution in [0.15, 0.2) is 66.9 Å². The van der Waals surface area contributed by atoms with Crippen molar-refractivity contribution in [2.24, 2.45) is 5.73 Å². The minimum absolute atomic E-state index is 0.448. The van der Waals surface area contributed by atoms with Gasteiger partial charge in [-0.25, -0.2) is 4.99 Å². The molecule has 0 aliphatic heterocycles. The number of hydrogen-bond acceptors (Lipinski definition) is 5. The van der Waals surface area contributed by atoms with E-state index < -0.39 is 8.07 Å². The fourth-order valence-corrected chi connectivity index (χ4v) is 4.15. The molecule has 2 aromatic carbocycles. The summed E-state index contributed by atoms with van der Waals surface area (Å²) in [5.74, 6) is 1.55. The van der Waals surface area contributed by atoms with Crippen LogP contribution in [0.4, 0.5) is 0 Å². The van der Waals surface area contributed by atoms with Gasteiger partial charge in [0.05, 0.1) is 17.8 Å². The molecule has 0 amide bonds. The van der Waals surface area contributed by atoms with E-state index in [0.717, 1.165) is 58.6 Å². The molecule has 6 nitrogen and oxygen atoms in total. The third-order valence-electron chi connectivity index (χ3n) is 5.22. The van der Waals surface area contributed by atoms with Crippen molar-refractivity contribution in [3.63, 3.8) is 0 Å². The Kier molecular flexibility index (Phi) is 8.98. The number of nitrogens with two attached hydrogens (primary N) is 1. The number of pyridine rings is 1. The lowest BCUT2D eigenvalue weighted by molar-refractivity contribution is -0.506. The van der Waals surface area contributed by atoms with Gasteiger partial charge in [-0.1, -0.05) is 25.7 Å². The molecule has 180 valence electrons. The fraction of sp³-hybridized carbons (Fsp3) is 0.333. The number of ether oxygens (including phenoxy) is 2. The summed E-state index contributed by atoms with van der Waals surface area (Å²) in [4.78, 5) is 10.2. The van der Waals surface area contributed by atoms with E-state index in [-0.39, 0.29) is 0 Å². The Hall–Kier alpha value is -3.00. The third-order valence-corrected chi connectivity index (χ3v) is 6.93. The predicted molar refractivity (Wildman–Crippen MR) is 143 cm³/mol. The van der Waals surface area contributed by atoms with Gasteiger partial charge in [-0.3, -0.25) is 4.98 Å². The lowest BCUT2D eigenvalue weighted by Gasteiger charge is -2.13. The normalized spacial score (nSPS) is 12.7. The largest absolute Gasteiger partial charge is 0.457 e. The van der Waals surface area contributed by atoms with Crippen LogP contribution in [0.2, 0.25) is 25.7 Å².